The molecule has 2 heterocycles. The molecular formula is C12H19N5O2S2. The van der Waals surface area contributed by atoms with Crippen LogP contribution >= 0.6 is 11.8 Å². The fourth-order valence-electron chi connectivity index (χ4n) is 1.73. The highest BCUT2D eigenvalue weighted by atomic mass is 32.2. The number of hydrogen-bond donors (Lipinski definition) is 3. The van der Waals surface area contributed by atoms with Gasteiger partial charge >= 0.3 is 0 Å². The molecule has 0 amide bonds. The van der Waals surface area contributed by atoms with Gasteiger partial charge in [-0.3, -0.25) is 4.40 Å². The number of nitrogen functional groups attached to an aromatic ring is 1. The van der Waals surface area contributed by atoms with Crippen LogP contribution in [0.15, 0.2) is 29.4 Å². The zero-order chi connectivity index (χ0) is 15.7. The third kappa shape index (κ3) is 3.31. The van der Waals surface area contributed by atoms with Crippen molar-refractivity contribution >= 4 is 33.3 Å². The van der Waals surface area contributed by atoms with Crippen molar-refractivity contribution in [3.8, 4) is 0 Å². The van der Waals surface area contributed by atoms with E-state index in [9.17, 15) is 8.42 Å². The first kappa shape index (κ1) is 16.1. The zero-order valence-corrected chi connectivity index (χ0v) is 13.8. The Morgan fingerprint density at radius 3 is 2.76 bits per heavy atom. The summed E-state index contributed by atoms with van der Waals surface area (Å²) in [6, 6.07) is 5.23. The quantitative estimate of drug-likeness (QED) is 0.541. The summed E-state index contributed by atoms with van der Waals surface area (Å²) in [5.41, 5.74) is 2.86. The molecule has 0 aromatic carbocycles. The largest absolute Gasteiger partial charge is 0.306 e. The molecular weight excluding hydrogens is 310 g/mol. The van der Waals surface area contributed by atoms with Gasteiger partial charge in [-0.25, -0.2) is 24.0 Å². The normalized spacial score (nSPS) is 12.8. The van der Waals surface area contributed by atoms with E-state index in [1.54, 1.807) is 36.2 Å². The maximum absolute atomic E-state index is 12.6. The van der Waals surface area contributed by atoms with Crippen molar-refractivity contribution in [2.75, 3.05) is 18.2 Å². The average Bonchev–Trinajstić information content (AvgIpc) is 2.84. The molecule has 0 bridgehead atoms. The molecule has 116 valence electrons. The molecule has 2 rings (SSSR count). The van der Waals surface area contributed by atoms with E-state index in [1.807, 2.05) is 20.1 Å². The molecule has 0 aliphatic heterocycles. The van der Waals surface area contributed by atoms with Gasteiger partial charge in [0.2, 0.25) is 0 Å². The van der Waals surface area contributed by atoms with Gasteiger partial charge in [-0.05, 0) is 32.2 Å². The van der Waals surface area contributed by atoms with E-state index in [1.165, 1.54) is 4.40 Å². The van der Waals surface area contributed by atoms with Crippen molar-refractivity contribution in [1.29, 1.82) is 0 Å². The Kier molecular flexibility index (Phi) is 4.47. The van der Waals surface area contributed by atoms with E-state index in [0.717, 1.165) is 0 Å². The van der Waals surface area contributed by atoms with Gasteiger partial charge in [-0.15, -0.1) is 0 Å². The number of pyridine rings is 1. The van der Waals surface area contributed by atoms with Crippen molar-refractivity contribution in [2.24, 2.45) is 5.84 Å². The Morgan fingerprint density at radius 1 is 1.43 bits per heavy atom. The van der Waals surface area contributed by atoms with E-state index >= 15 is 0 Å². The predicted molar refractivity (Wildman–Crippen MR) is 85.8 cm³/mol. The highest BCUT2D eigenvalue weighted by molar-refractivity contribution is 8.00. The summed E-state index contributed by atoms with van der Waals surface area (Å²) in [4.78, 5) is 4.16. The second kappa shape index (κ2) is 5.84. The molecule has 0 aliphatic rings. The Labute approximate surface area is 128 Å². The fourth-order valence-corrected chi connectivity index (χ4v) is 3.50. The summed E-state index contributed by atoms with van der Waals surface area (Å²) in [6.45, 7) is 4.24. The van der Waals surface area contributed by atoms with Gasteiger partial charge in [0.15, 0.2) is 10.8 Å². The van der Waals surface area contributed by atoms with Crippen LogP contribution in [0.1, 0.15) is 13.8 Å². The molecule has 0 unspecified atom stereocenters. The van der Waals surface area contributed by atoms with E-state index in [2.05, 4.69) is 15.1 Å². The summed E-state index contributed by atoms with van der Waals surface area (Å²) in [5.74, 6) is 5.52. The molecule has 0 spiro atoms. The van der Waals surface area contributed by atoms with Gasteiger partial charge in [-0.2, -0.15) is 11.8 Å². The Balaban J connectivity index is 2.44. The minimum Gasteiger partial charge on any atom is -0.306 e. The molecule has 0 radical (unpaired) electrons. The van der Waals surface area contributed by atoms with Crippen molar-refractivity contribution in [1.82, 2.24) is 14.1 Å². The van der Waals surface area contributed by atoms with Crippen LogP contribution in [0.3, 0.4) is 0 Å². The Morgan fingerprint density at radius 2 is 2.14 bits per heavy atom. The maximum Gasteiger partial charge on any atom is 0.260 e. The van der Waals surface area contributed by atoms with Gasteiger partial charge < -0.3 is 5.43 Å². The number of sulfonamides is 1. The number of rotatable bonds is 6. The lowest BCUT2D eigenvalue weighted by Gasteiger charge is -2.22. The van der Waals surface area contributed by atoms with Crippen LogP contribution < -0.4 is 16.0 Å². The summed E-state index contributed by atoms with van der Waals surface area (Å²) in [7, 11) is -3.73. The molecule has 2 aromatic heterocycles. The topological polar surface area (TPSA) is 102 Å². The minimum absolute atomic E-state index is 0.0116. The van der Waals surface area contributed by atoms with Crippen molar-refractivity contribution < 1.29 is 8.42 Å². The van der Waals surface area contributed by atoms with Gasteiger partial charge in [0.05, 0.1) is 0 Å². The second-order valence-electron chi connectivity index (χ2n) is 5.13. The lowest BCUT2D eigenvalue weighted by atomic mass is 10.2. The first-order chi connectivity index (χ1) is 9.80. The number of hydrazine groups is 1. The molecule has 4 N–H and O–H groups in total. The number of thioether (sulfide) groups is 1. The first-order valence-electron chi connectivity index (χ1n) is 6.29. The number of hydrogen-bond acceptors (Lipinski definition) is 6. The molecule has 0 saturated carbocycles. The van der Waals surface area contributed by atoms with Crippen LogP contribution in [0.25, 0.3) is 5.65 Å². The average molecular weight is 329 g/mol. The molecule has 0 aliphatic carbocycles. The van der Waals surface area contributed by atoms with Crippen molar-refractivity contribution in [3.63, 3.8) is 0 Å². The highest BCUT2D eigenvalue weighted by Gasteiger charge is 2.27. The molecule has 9 heteroatoms. The summed E-state index contributed by atoms with van der Waals surface area (Å²) >= 11 is 1.59. The van der Waals surface area contributed by atoms with Crippen molar-refractivity contribution in [3.05, 3.63) is 24.4 Å². The highest BCUT2D eigenvalue weighted by Crippen LogP contribution is 2.24. The Bertz CT molecular complexity index is 739. The van der Waals surface area contributed by atoms with E-state index in [0.29, 0.717) is 12.2 Å². The van der Waals surface area contributed by atoms with Crippen LogP contribution in [0.4, 0.5) is 5.82 Å². The molecule has 0 atom stereocenters. The van der Waals surface area contributed by atoms with Crippen molar-refractivity contribution in [2.45, 2.75) is 23.6 Å². The maximum atomic E-state index is 12.6. The number of nitrogens with two attached hydrogens (primary N) is 1. The lowest BCUT2D eigenvalue weighted by Crippen LogP contribution is -2.36. The first-order valence-corrected chi connectivity index (χ1v) is 9.00. The number of nitrogens with zero attached hydrogens (tertiary/aromatic N) is 2. The summed E-state index contributed by atoms with van der Waals surface area (Å²) < 4.78 is 29.0. The van der Waals surface area contributed by atoms with Crippen LogP contribution in [-0.4, -0.2) is 35.4 Å². The van der Waals surface area contributed by atoms with E-state index < -0.39 is 10.0 Å². The van der Waals surface area contributed by atoms with E-state index in [4.69, 9.17) is 5.84 Å². The third-order valence-electron chi connectivity index (χ3n) is 3.12. The summed E-state index contributed by atoms with van der Waals surface area (Å²) in [5, 5.41) is 0.0116. The standard InChI is InChI=1S/C12H19N5O2S2/c1-12(2,20-3)8-14-21(18,19)11-10(16-13)15-9-6-4-5-7-17(9)11/h4-7,14,16H,8,13H2,1-3H3. The number of aromatic nitrogens is 2. The number of nitrogens with one attached hydrogen (secondary N) is 2. The van der Waals surface area contributed by atoms with Crippen LogP contribution in [0.2, 0.25) is 0 Å². The summed E-state index contributed by atoms with van der Waals surface area (Å²) in [6.07, 6.45) is 3.58. The fraction of sp³-hybridized carbons (Fsp3) is 0.417. The van der Waals surface area contributed by atoms with Crippen LogP contribution in [0, 0.1) is 0 Å². The second-order valence-corrected chi connectivity index (χ2v) is 8.32. The molecule has 0 saturated heterocycles. The predicted octanol–water partition coefficient (Wildman–Crippen LogP) is 1.04. The third-order valence-corrected chi connectivity index (χ3v) is 5.79. The molecule has 7 nitrogen and oxygen atoms in total. The van der Waals surface area contributed by atoms with E-state index in [-0.39, 0.29) is 15.6 Å². The lowest BCUT2D eigenvalue weighted by molar-refractivity contribution is 0.566. The smallest absolute Gasteiger partial charge is 0.260 e. The monoisotopic (exact) mass is 329 g/mol. The molecule has 2 aromatic rings. The molecule has 0 fully saturated rings. The number of fused-ring (bicyclic) bond motifs is 1. The van der Waals surface area contributed by atoms with Gasteiger partial charge in [0.25, 0.3) is 10.0 Å². The van der Waals surface area contributed by atoms with Gasteiger partial charge in [-0.1, -0.05) is 6.07 Å². The molecule has 21 heavy (non-hydrogen) atoms. The van der Waals surface area contributed by atoms with Gasteiger partial charge in [0, 0.05) is 17.5 Å². The minimum atomic E-state index is -3.73. The Hall–Kier alpha value is -1.29. The zero-order valence-electron chi connectivity index (χ0n) is 12.1. The SMILES string of the molecule is CSC(C)(C)CNS(=O)(=O)c1c(NN)nc2ccccn12. The van der Waals surface area contributed by atoms with Gasteiger partial charge in [0.1, 0.15) is 5.65 Å². The van der Waals surface area contributed by atoms with Crippen LogP contribution in [-0.2, 0) is 10.0 Å². The van der Waals surface area contributed by atoms with Crippen LogP contribution in [0.5, 0.6) is 0 Å². The number of anilines is 1. The number of imidazole rings is 1.